The van der Waals surface area contributed by atoms with Crippen molar-refractivity contribution in [2.45, 2.75) is 31.8 Å². The molecule has 1 aliphatic heterocycles. The largest absolute Gasteiger partial charge is 0.497 e. The molecule has 0 spiro atoms. The summed E-state index contributed by atoms with van der Waals surface area (Å²) >= 11 is 0. The molecule has 2 unspecified atom stereocenters. The Bertz CT molecular complexity index is 582. The minimum absolute atomic E-state index is 0.0345. The molecular weight excluding hydrogens is 264 g/mol. The average molecular weight is 284 g/mol. The first kappa shape index (κ1) is 14.1. The van der Waals surface area contributed by atoms with Gasteiger partial charge in [0.1, 0.15) is 5.75 Å². The van der Waals surface area contributed by atoms with Crippen LogP contribution in [0.25, 0.3) is 0 Å². The second kappa shape index (κ2) is 5.51. The Morgan fingerprint density at radius 3 is 1.86 bits per heavy atom. The van der Waals surface area contributed by atoms with Gasteiger partial charge in [0.25, 0.3) is 0 Å². The lowest BCUT2D eigenvalue weighted by Gasteiger charge is -2.29. The van der Waals surface area contributed by atoms with Crippen molar-refractivity contribution in [3.63, 3.8) is 0 Å². The van der Waals surface area contributed by atoms with Crippen molar-refractivity contribution in [2.75, 3.05) is 7.11 Å². The van der Waals surface area contributed by atoms with Gasteiger partial charge < -0.3 is 14.2 Å². The highest BCUT2D eigenvalue weighted by Gasteiger charge is 2.46. The van der Waals surface area contributed by atoms with E-state index < -0.39 is 5.79 Å². The number of methoxy groups -OCH3 is 1. The Hall–Kier alpha value is -1.84. The molecule has 0 amide bonds. The lowest BCUT2D eigenvalue weighted by atomic mass is 9.97. The van der Waals surface area contributed by atoms with Gasteiger partial charge in [-0.3, -0.25) is 0 Å². The second-order valence-corrected chi connectivity index (χ2v) is 5.36. The van der Waals surface area contributed by atoms with E-state index in [1.165, 1.54) is 0 Å². The Morgan fingerprint density at radius 1 is 0.810 bits per heavy atom. The van der Waals surface area contributed by atoms with Crippen LogP contribution >= 0.6 is 0 Å². The van der Waals surface area contributed by atoms with Crippen LogP contribution in [0.5, 0.6) is 5.75 Å². The van der Waals surface area contributed by atoms with E-state index in [0.29, 0.717) is 0 Å². The fourth-order valence-electron chi connectivity index (χ4n) is 2.65. The van der Waals surface area contributed by atoms with Gasteiger partial charge in [0, 0.05) is 11.1 Å². The summed E-state index contributed by atoms with van der Waals surface area (Å²) in [6, 6.07) is 17.9. The Labute approximate surface area is 125 Å². The quantitative estimate of drug-likeness (QED) is 0.859. The molecule has 0 saturated carbocycles. The number of benzene rings is 2. The van der Waals surface area contributed by atoms with Crippen molar-refractivity contribution in [3.8, 4) is 5.75 Å². The third-order valence-corrected chi connectivity index (χ3v) is 3.99. The summed E-state index contributed by atoms with van der Waals surface area (Å²) in [5, 5.41) is 0. The predicted octanol–water partition coefficient (Wildman–Crippen LogP) is 3.72. The predicted molar refractivity (Wildman–Crippen MR) is 81.3 cm³/mol. The summed E-state index contributed by atoms with van der Waals surface area (Å²) in [6.07, 6.45) is 0.0691. The number of rotatable bonds is 3. The molecule has 0 aliphatic carbocycles. The van der Waals surface area contributed by atoms with Gasteiger partial charge in [0.2, 0.25) is 5.79 Å². The maximum absolute atomic E-state index is 6.24. The summed E-state index contributed by atoms with van der Waals surface area (Å²) in [4.78, 5) is 0. The highest BCUT2D eigenvalue weighted by Crippen LogP contribution is 2.43. The van der Waals surface area contributed by atoms with Gasteiger partial charge in [-0.1, -0.05) is 30.3 Å². The third-order valence-electron chi connectivity index (χ3n) is 3.99. The van der Waals surface area contributed by atoms with E-state index in [4.69, 9.17) is 14.2 Å². The van der Waals surface area contributed by atoms with Gasteiger partial charge in [-0.25, -0.2) is 0 Å². The lowest BCUT2D eigenvalue weighted by Crippen LogP contribution is -2.29. The fourth-order valence-corrected chi connectivity index (χ4v) is 2.65. The lowest BCUT2D eigenvalue weighted by molar-refractivity contribution is -0.147. The smallest absolute Gasteiger partial charge is 0.223 e. The molecule has 2 aromatic carbocycles. The summed E-state index contributed by atoms with van der Waals surface area (Å²) in [6.45, 7) is 4.08. The summed E-state index contributed by atoms with van der Waals surface area (Å²) < 4.78 is 17.7. The van der Waals surface area contributed by atoms with E-state index in [-0.39, 0.29) is 12.2 Å². The third kappa shape index (κ3) is 2.43. The standard InChI is InChI=1S/C18H20O3/c1-13-14(2)21-18(20-13,15-7-5-4-6-8-15)16-9-11-17(19-3)12-10-16/h4-14H,1-3H3. The maximum atomic E-state index is 6.24. The molecule has 3 rings (SSSR count). The van der Waals surface area contributed by atoms with Crippen molar-refractivity contribution in [1.29, 1.82) is 0 Å². The van der Waals surface area contributed by atoms with Crippen molar-refractivity contribution in [3.05, 3.63) is 65.7 Å². The van der Waals surface area contributed by atoms with E-state index in [1.54, 1.807) is 7.11 Å². The molecule has 2 atom stereocenters. The van der Waals surface area contributed by atoms with Gasteiger partial charge in [-0.05, 0) is 38.1 Å². The fraction of sp³-hybridized carbons (Fsp3) is 0.333. The molecule has 1 fully saturated rings. The molecule has 0 radical (unpaired) electrons. The monoisotopic (exact) mass is 284 g/mol. The first-order valence-corrected chi connectivity index (χ1v) is 7.21. The molecule has 2 aromatic rings. The molecular formula is C18H20O3. The zero-order valence-corrected chi connectivity index (χ0v) is 12.6. The van der Waals surface area contributed by atoms with E-state index in [9.17, 15) is 0 Å². The first-order chi connectivity index (χ1) is 10.2. The van der Waals surface area contributed by atoms with Crippen LogP contribution in [0.3, 0.4) is 0 Å². The van der Waals surface area contributed by atoms with Crippen molar-refractivity contribution < 1.29 is 14.2 Å². The molecule has 0 N–H and O–H groups in total. The molecule has 0 aromatic heterocycles. The van der Waals surface area contributed by atoms with E-state index in [2.05, 4.69) is 0 Å². The van der Waals surface area contributed by atoms with Crippen LogP contribution in [0.15, 0.2) is 54.6 Å². The van der Waals surface area contributed by atoms with Gasteiger partial charge in [0.15, 0.2) is 0 Å². The Morgan fingerprint density at radius 2 is 1.33 bits per heavy atom. The molecule has 1 heterocycles. The number of ether oxygens (including phenoxy) is 3. The van der Waals surface area contributed by atoms with Gasteiger partial charge in [-0.2, -0.15) is 0 Å². The highest BCUT2D eigenvalue weighted by atomic mass is 16.8. The zero-order valence-electron chi connectivity index (χ0n) is 12.6. The maximum Gasteiger partial charge on any atom is 0.223 e. The minimum atomic E-state index is -0.841. The van der Waals surface area contributed by atoms with Gasteiger partial charge in [-0.15, -0.1) is 0 Å². The number of hydrogen-bond acceptors (Lipinski definition) is 3. The van der Waals surface area contributed by atoms with Crippen LogP contribution in [0, 0.1) is 0 Å². The Kier molecular flexibility index (Phi) is 3.70. The molecule has 1 aliphatic rings. The normalized spacial score (nSPS) is 28.5. The van der Waals surface area contributed by atoms with Crippen LogP contribution < -0.4 is 4.74 Å². The second-order valence-electron chi connectivity index (χ2n) is 5.36. The zero-order chi connectivity index (χ0) is 14.9. The summed E-state index contributed by atoms with van der Waals surface area (Å²) in [7, 11) is 1.66. The molecule has 1 saturated heterocycles. The van der Waals surface area contributed by atoms with E-state index >= 15 is 0 Å². The van der Waals surface area contributed by atoms with E-state index in [0.717, 1.165) is 16.9 Å². The van der Waals surface area contributed by atoms with Crippen LogP contribution in [0.2, 0.25) is 0 Å². The first-order valence-electron chi connectivity index (χ1n) is 7.21. The van der Waals surface area contributed by atoms with Crippen LogP contribution in [-0.2, 0) is 15.3 Å². The summed E-state index contributed by atoms with van der Waals surface area (Å²) in [5.74, 6) is -0.0205. The average Bonchev–Trinajstić information content (AvgIpc) is 2.85. The van der Waals surface area contributed by atoms with Crippen LogP contribution in [0.4, 0.5) is 0 Å². The molecule has 21 heavy (non-hydrogen) atoms. The topological polar surface area (TPSA) is 27.7 Å². The SMILES string of the molecule is COc1ccc(C2(c3ccccc3)OC(C)C(C)O2)cc1. The highest BCUT2D eigenvalue weighted by molar-refractivity contribution is 5.38. The van der Waals surface area contributed by atoms with Gasteiger partial charge in [0.05, 0.1) is 19.3 Å². The van der Waals surface area contributed by atoms with Crippen molar-refractivity contribution in [2.24, 2.45) is 0 Å². The molecule has 110 valence electrons. The van der Waals surface area contributed by atoms with Gasteiger partial charge >= 0.3 is 0 Å². The van der Waals surface area contributed by atoms with E-state index in [1.807, 2.05) is 68.4 Å². The van der Waals surface area contributed by atoms with Crippen molar-refractivity contribution in [1.82, 2.24) is 0 Å². The molecule has 3 heteroatoms. The minimum Gasteiger partial charge on any atom is -0.497 e. The molecule has 0 bridgehead atoms. The van der Waals surface area contributed by atoms with Crippen LogP contribution in [-0.4, -0.2) is 19.3 Å². The number of hydrogen-bond donors (Lipinski definition) is 0. The summed E-state index contributed by atoms with van der Waals surface area (Å²) in [5.41, 5.74) is 1.98. The Balaban J connectivity index is 2.08. The van der Waals surface area contributed by atoms with Crippen molar-refractivity contribution >= 4 is 0 Å². The molecule has 3 nitrogen and oxygen atoms in total. The van der Waals surface area contributed by atoms with Crippen LogP contribution in [0.1, 0.15) is 25.0 Å².